The number of carbonyl (C=O) groups excluding carboxylic acids is 1. The van der Waals surface area contributed by atoms with E-state index in [1.807, 2.05) is 11.4 Å². The Morgan fingerprint density at radius 3 is 2.93 bits per heavy atom. The van der Waals surface area contributed by atoms with E-state index in [2.05, 4.69) is 15.9 Å². The van der Waals surface area contributed by atoms with Gasteiger partial charge in [0.1, 0.15) is 0 Å². The maximum absolute atomic E-state index is 10.9. The third-order valence-corrected chi connectivity index (χ3v) is 3.99. The SMILES string of the molecule is O=Cc1c(CO)ccc2scc(Br)c12. The number of thiophene rings is 1. The normalized spacial score (nSPS) is 10.7. The minimum absolute atomic E-state index is 0.105. The standard InChI is InChI=1S/C10H7BrO2S/c11-8-5-14-9-2-1-6(3-12)7(4-13)10(8)9/h1-2,4-5,12H,3H2. The molecule has 2 aromatic rings. The molecule has 1 aromatic carbocycles. The lowest BCUT2D eigenvalue weighted by molar-refractivity contribution is 0.112. The Hall–Kier alpha value is -0.710. The summed E-state index contributed by atoms with van der Waals surface area (Å²) in [7, 11) is 0. The summed E-state index contributed by atoms with van der Waals surface area (Å²) in [6, 6.07) is 3.71. The van der Waals surface area contributed by atoms with Crippen LogP contribution < -0.4 is 0 Å². The highest BCUT2D eigenvalue weighted by atomic mass is 79.9. The summed E-state index contributed by atoms with van der Waals surface area (Å²) in [4.78, 5) is 10.9. The number of hydrogen-bond donors (Lipinski definition) is 1. The van der Waals surface area contributed by atoms with E-state index in [4.69, 9.17) is 5.11 Å². The molecule has 1 aromatic heterocycles. The Morgan fingerprint density at radius 2 is 2.29 bits per heavy atom. The van der Waals surface area contributed by atoms with Crippen molar-refractivity contribution in [1.29, 1.82) is 0 Å². The van der Waals surface area contributed by atoms with Gasteiger partial charge in [-0.3, -0.25) is 4.79 Å². The largest absolute Gasteiger partial charge is 0.392 e. The summed E-state index contributed by atoms with van der Waals surface area (Å²) in [5, 5.41) is 11.9. The van der Waals surface area contributed by atoms with Crippen LogP contribution in [0.3, 0.4) is 0 Å². The van der Waals surface area contributed by atoms with E-state index in [1.54, 1.807) is 17.4 Å². The molecule has 4 heteroatoms. The third kappa shape index (κ3) is 1.39. The van der Waals surface area contributed by atoms with Crippen molar-refractivity contribution < 1.29 is 9.90 Å². The summed E-state index contributed by atoms with van der Waals surface area (Å²) in [6.07, 6.45) is 0.797. The number of aliphatic hydroxyl groups excluding tert-OH is 1. The van der Waals surface area contributed by atoms with Crippen molar-refractivity contribution in [3.05, 3.63) is 33.1 Å². The lowest BCUT2D eigenvalue weighted by atomic mass is 10.1. The number of hydrogen-bond acceptors (Lipinski definition) is 3. The lowest BCUT2D eigenvalue weighted by Gasteiger charge is -2.02. The Kier molecular flexibility index (Phi) is 2.67. The van der Waals surface area contributed by atoms with E-state index < -0.39 is 0 Å². The van der Waals surface area contributed by atoms with Crippen molar-refractivity contribution in [2.75, 3.05) is 0 Å². The smallest absolute Gasteiger partial charge is 0.151 e. The monoisotopic (exact) mass is 270 g/mol. The first-order valence-corrected chi connectivity index (χ1v) is 5.69. The highest BCUT2D eigenvalue weighted by molar-refractivity contribution is 9.10. The number of carbonyl (C=O) groups is 1. The van der Waals surface area contributed by atoms with Crippen LogP contribution in [0, 0.1) is 0 Å². The fraction of sp³-hybridized carbons (Fsp3) is 0.100. The number of benzene rings is 1. The van der Waals surface area contributed by atoms with Gasteiger partial charge in [-0.1, -0.05) is 6.07 Å². The summed E-state index contributed by atoms with van der Waals surface area (Å²) in [5.41, 5.74) is 1.25. The van der Waals surface area contributed by atoms with Gasteiger partial charge in [0.05, 0.1) is 6.61 Å². The van der Waals surface area contributed by atoms with Crippen LogP contribution in [0.2, 0.25) is 0 Å². The maximum atomic E-state index is 10.9. The predicted molar refractivity (Wildman–Crippen MR) is 60.8 cm³/mol. The van der Waals surface area contributed by atoms with Gasteiger partial charge in [0.25, 0.3) is 0 Å². The molecule has 0 radical (unpaired) electrons. The zero-order chi connectivity index (χ0) is 10.1. The number of fused-ring (bicyclic) bond motifs is 1. The zero-order valence-corrected chi connectivity index (χ0v) is 9.56. The molecule has 0 unspecified atom stereocenters. The van der Waals surface area contributed by atoms with Crippen molar-refractivity contribution in [3.63, 3.8) is 0 Å². The number of rotatable bonds is 2. The van der Waals surface area contributed by atoms with E-state index >= 15 is 0 Å². The van der Waals surface area contributed by atoms with Crippen LogP contribution in [-0.4, -0.2) is 11.4 Å². The van der Waals surface area contributed by atoms with Crippen LogP contribution in [0.5, 0.6) is 0 Å². The molecular formula is C10H7BrO2S. The lowest BCUT2D eigenvalue weighted by Crippen LogP contribution is -1.92. The van der Waals surface area contributed by atoms with Crippen LogP contribution in [0.1, 0.15) is 15.9 Å². The molecule has 0 aliphatic carbocycles. The molecule has 0 amide bonds. The molecule has 2 rings (SSSR count). The second-order valence-electron chi connectivity index (χ2n) is 2.87. The molecule has 0 fully saturated rings. The molecule has 0 saturated heterocycles. The summed E-state index contributed by atoms with van der Waals surface area (Å²) < 4.78 is 1.96. The molecule has 0 bridgehead atoms. The van der Waals surface area contributed by atoms with Crippen LogP contribution >= 0.6 is 27.3 Å². The summed E-state index contributed by atoms with van der Waals surface area (Å²) in [5.74, 6) is 0. The topological polar surface area (TPSA) is 37.3 Å². The molecule has 2 nitrogen and oxygen atoms in total. The van der Waals surface area contributed by atoms with Crippen molar-refractivity contribution in [2.45, 2.75) is 6.61 Å². The molecule has 72 valence electrons. The fourth-order valence-electron chi connectivity index (χ4n) is 1.43. The van der Waals surface area contributed by atoms with Gasteiger partial charge in [0, 0.05) is 25.5 Å². The number of halogens is 1. The predicted octanol–water partition coefficient (Wildman–Crippen LogP) is 2.97. The Bertz CT molecular complexity index is 490. The van der Waals surface area contributed by atoms with Gasteiger partial charge in [-0.2, -0.15) is 0 Å². The minimum Gasteiger partial charge on any atom is -0.392 e. The molecule has 0 aliphatic heterocycles. The Balaban J connectivity index is 2.87. The van der Waals surface area contributed by atoms with Crippen LogP contribution in [0.25, 0.3) is 10.1 Å². The Morgan fingerprint density at radius 1 is 1.50 bits per heavy atom. The zero-order valence-electron chi connectivity index (χ0n) is 7.16. The highest BCUT2D eigenvalue weighted by Gasteiger charge is 2.10. The highest BCUT2D eigenvalue weighted by Crippen LogP contribution is 2.33. The summed E-state index contributed by atoms with van der Waals surface area (Å²) in [6.45, 7) is -0.105. The Labute approximate surface area is 93.3 Å². The molecule has 0 atom stereocenters. The van der Waals surface area contributed by atoms with E-state index in [-0.39, 0.29) is 6.61 Å². The van der Waals surface area contributed by atoms with E-state index in [0.29, 0.717) is 11.1 Å². The number of aldehydes is 1. The van der Waals surface area contributed by atoms with Crippen LogP contribution in [0.15, 0.2) is 22.0 Å². The molecule has 0 spiro atoms. The van der Waals surface area contributed by atoms with Gasteiger partial charge in [-0.15, -0.1) is 11.3 Å². The first-order chi connectivity index (χ1) is 6.77. The van der Waals surface area contributed by atoms with Gasteiger partial charge >= 0.3 is 0 Å². The van der Waals surface area contributed by atoms with E-state index in [1.165, 1.54) is 0 Å². The van der Waals surface area contributed by atoms with Crippen molar-refractivity contribution >= 4 is 43.6 Å². The third-order valence-electron chi connectivity index (χ3n) is 2.11. The van der Waals surface area contributed by atoms with Gasteiger partial charge in [-0.25, -0.2) is 0 Å². The first-order valence-electron chi connectivity index (χ1n) is 4.02. The van der Waals surface area contributed by atoms with Gasteiger partial charge < -0.3 is 5.11 Å². The summed E-state index contributed by atoms with van der Waals surface area (Å²) >= 11 is 4.97. The maximum Gasteiger partial charge on any atom is 0.151 e. The van der Waals surface area contributed by atoms with Gasteiger partial charge in [-0.05, 0) is 27.6 Å². The molecule has 0 aliphatic rings. The average molecular weight is 271 g/mol. The van der Waals surface area contributed by atoms with E-state index in [9.17, 15) is 4.79 Å². The van der Waals surface area contributed by atoms with Crippen molar-refractivity contribution in [2.24, 2.45) is 0 Å². The second-order valence-corrected chi connectivity index (χ2v) is 4.64. The van der Waals surface area contributed by atoms with Crippen molar-refractivity contribution in [1.82, 2.24) is 0 Å². The quantitative estimate of drug-likeness (QED) is 0.852. The molecule has 1 N–H and O–H groups in total. The molecule has 0 saturated carbocycles. The molecular weight excluding hydrogens is 264 g/mol. The first kappa shape index (κ1) is 9.83. The molecule has 1 heterocycles. The van der Waals surface area contributed by atoms with Crippen LogP contribution in [0.4, 0.5) is 0 Å². The molecule has 14 heavy (non-hydrogen) atoms. The van der Waals surface area contributed by atoms with Gasteiger partial charge in [0.15, 0.2) is 6.29 Å². The van der Waals surface area contributed by atoms with Crippen molar-refractivity contribution in [3.8, 4) is 0 Å². The van der Waals surface area contributed by atoms with E-state index in [0.717, 1.165) is 20.8 Å². The fourth-order valence-corrected chi connectivity index (χ4v) is 3.11. The minimum atomic E-state index is -0.105. The van der Waals surface area contributed by atoms with Crippen LogP contribution in [-0.2, 0) is 6.61 Å². The second kappa shape index (κ2) is 3.81. The average Bonchev–Trinajstić information content (AvgIpc) is 2.59. The van der Waals surface area contributed by atoms with Gasteiger partial charge in [0.2, 0.25) is 0 Å². The number of aliphatic hydroxyl groups is 1.